The molecule has 0 unspecified atom stereocenters. The third-order valence-electron chi connectivity index (χ3n) is 2.05. The van der Waals surface area contributed by atoms with E-state index in [1.807, 2.05) is 0 Å². The van der Waals surface area contributed by atoms with Crippen LogP contribution in [0.15, 0.2) is 12.1 Å². The number of halogens is 4. The summed E-state index contributed by atoms with van der Waals surface area (Å²) >= 11 is 0. The molecule has 1 aromatic carbocycles. The average molecular weight is 250 g/mol. The Bertz CT molecular complexity index is 438. The van der Waals surface area contributed by atoms with Crippen LogP contribution in [0.4, 0.5) is 17.6 Å². The lowest BCUT2D eigenvalue weighted by atomic mass is 10.1. The molecule has 1 aromatic rings. The molecule has 0 atom stereocenters. The zero-order valence-corrected chi connectivity index (χ0v) is 9.19. The fourth-order valence-electron chi connectivity index (χ4n) is 1.32. The highest BCUT2D eigenvalue weighted by atomic mass is 19.4. The van der Waals surface area contributed by atoms with E-state index in [2.05, 4.69) is 0 Å². The van der Waals surface area contributed by atoms with Gasteiger partial charge in [0.15, 0.2) is 5.78 Å². The number of carbonyl (C=O) groups is 1. The summed E-state index contributed by atoms with van der Waals surface area (Å²) < 4.78 is 55.7. The summed E-state index contributed by atoms with van der Waals surface area (Å²) in [5.74, 6) is -2.39. The van der Waals surface area contributed by atoms with Gasteiger partial charge in [0.05, 0.1) is 12.2 Å². The van der Waals surface area contributed by atoms with E-state index in [1.165, 1.54) is 6.92 Å². The van der Waals surface area contributed by atoms with Crippen LogP contribution in [0.1, 0.15) is 29.8 Å². The van der Waals surface area contributed by atoms with Crippen molar-refractivity contribution in [3.8, 4) is 5.75 Å². The molecule has 17 heavy (non-hydrogen) atoms. The number of hydrogen-bond acceptors (Lipinski definition) is 2. The molecular formula is C11H10F4O2. The van der Waals surface area contributed by atoms with Crippen molar-refractivity contribution in [2.24, 2.45) is 0 Å². The van der Waals surface area contributed by atoms with E-state index >= 15 is 0 Å². The molecule has 0 fully saturated rings. The summed E-state index contributed by atoms with van der Waals surface area (Å²) in [6, 6.07) is 1.06. The number of benzene rings is 1. The van der Waals surface area contributed by atoms with Crippen LogP contribution in [0.25, 0.3) is 0 Å². The second kappa shape index (κ2) is 4.73. The van der Waals surface area contributed by atoms with E-state index in [0.717, 1.165) is 13.0 Å². The molecule has 0 spiro atoms. The fraction of sp³-hybridized carbons (Fsp3) is 0.364. The predicted molar refractivity (Wildman–Crippen MR) is 52.6 cm³/mol. The molecule has 0 aromatic heterocycles. The van der Waals surface area contributed by atoms with Crippen molar-refractivity contribution in [3.63, 3.8) is 0 Å². The van der Waals surface area contributed by atoms with E-state index in [1.54, 1.807) is 0 Å². The second-order valence-electron chi connectivity index (χ2n) is 3.32. The van der Waals surface area contributed by atoms with E-state index in [9.17, 15) is 22.4 Å². The minimum atomic E-state index is -4.72. The number of carbonyl (C=O) groups excluding carboxylic acids is 1. The summed E-state index contributed by atoms with van der Waals surface area (Å²) in [5, 5.41) is 0. The molecule has 0 aliphatic carbocycles. The van der Waals surface area contributed by atoms with Crippen LogP contribution in [0.2, 0.25) is 0 Å². The van der Waals surface area contributed by atoms with Crippen LogP contribution >= 0.6 is 0 Å². The Hall–Kier alpha value is -1.59. The topological polar surface area (TPSA) is 26.3 Å². The number of rotatable bonds is 3. The SMILES string of the molecule is CCOc1cc(C(C)=O)c(F)cc1C(F)(F)F. The monoisotopic (exact) mass is 250 g/mol. The van der Waals surface area contributed by atoms with Crippen LogP contribution in [0.3, 0.4) is 0 Å². The Kier molecular flexibility index (Phi) is 3.75. The summed E-state index contributed by atoms with van der Waals surface area (Å²) in [7, 11) is 0. The van der Waals surface area contributed by atoms with Crippen molar-refractivity contribution in [1.82, 2.24) is 0 Å². The Balaban J connectivity index is 3.41. The zero-order chi connectivity index (χ0) is 13.2. The number of alkyl halides is 3. The maximum Gasteiger partial charge on any atom is 0.420 e. The second-order valence-corrected chi connectivity index (χ2v) is 3.32. The van der Waals surface area contributed by atoms with Crippen molar-refractivity contribution >= 4 is 5.78 Å². The summed E-state index contributed by atoms with van der Waals surface area (Å²) in [6.07, 6.45) is -4.72. The van der Waals surface area contributed by atoms with Crippen LogP contribution in [0, 0.1) is 5.82 Å². The van der Waals surface area contributed by atoms with Crippen LogP contribution in [-0.2, 0) is 6.18 Å². The molecule has 0 amide bonds. The molecule has 6 heteroatoms. The van der Waals surface area contributed by atoms with Crippen molar-refractivity contribution in [3.05, 3.63) is 29.1 Å². The first-order valence-electron chi connectivity index (χ1n) is 4.81. The maximum absolute atomic E-state index is 13.3. The molecule has 0 aliphatic rings. The van der Waals surface area contributed by atoms with Gasteiger partial charge in [0.2, 0.25) is 0 Å². The quantitative estimate of drug-likeness (QED) is 0.606. The van der Waals surface area contributed by atoms with Crippen molar-refractivity contribution < 1.29 is 27.1 Å². The molecule has 0 N–H and O–H groups in total. The van der Waals surface area contributed by atoms with Gasteiger partial charge >= 0.3 is 6.18 Å². The number of hydrogen-bond donors (Lipinski definition) is 0. The van der Waals surface area contributed by atoms with Gasteiger partial charge in [-0.05, 0) is 26.0 Å². The highest BCUT2D eigenvalue weighted by Gasteiger charge is 2.35. The van der Waals surface area contributed by atoms with E-state index in [0.29, 0.717) is 0 Å². The molecule has 0 saturated heterocycles. The lowest BCUT2D eigenvalue weighted by Crippen LogP contribution is -2.11. The van der Waals surface area contributed by atoms with Crippen molar-refractivity contribution in [2.45, 2.75) is 20.0 Å². The summed E-state index contributed by atoms with van der Waals surface area (Å²) in [4.78, 5) is 11.0. The van der Waals surface area contributed by atoms with Crippen LogP contribution in [0.5, 0.6) is 5.75 Å². The Morgan fingerprint density at radius 3 is 2.35 bits per heavy atom. The van der Waals surface area contributed by atoms with Gasteiger partial charge in [0.25, 0.3) is 0 Å². The smallest absolute Gasteiger partial charge is 0.420 e. The van der Waals surface area contributed by atoms with Gasteiger partial charge in [-0.15, -0.1) is 0 Å². The maximum atomic E-state index is 13.3. The number of ketones is 1. The largest absolute Gasteiger partial charge is 0.493 e. The van der Waals surface area contributed by atoms with Crippen LogP contribution < -0.4 is 4.74 Å². The average Bonchev–Trinajstić information content (AvgIpc) is 2.18. The van der Waals surface area contributed by atoms with Gasteiger partial charge in [-0.25, -0.2) is 4.39 Å². The highest BCUT2D eigenvalue weighted by Crippen LogP contribution is 2.37. The molecule has 0 saturated carbocycles. The third kappa shape index (κ3) is 2.95. The van der Waals surface area contributed by atoms with E-state index in [-0.39, 0.29) is 12.7 Å². The number of Topliss-reactive ketones (excluding diaryl/α,β-unsaturated/α-hetero) is 1. The molecular weight excluding hydrogens is 240 g/mol. The van der Waals surface area contributed by atoms with Gasteiger partial charge < -0.3 is 4.74 Å². The van der Waals surface area contributed by atoms with Gasteiger partial charge in [0.1, 0.15) is 17.1 Å². The van der Waals surface area contributed by atoms with Gasteiger partial charge in [0, 0.05) is 0 Å². The summed E-state index contributed by atoms with van der Waals surface area (Å²) in [5.41, 5.74) is -1.64. The molecule has 0 aliphatic heterocycles. The Labute approximate surface area is 95.2 Å². The minimum absolute atomic E-state index is 0.00788. The first-order chi connectivity index (χ1) is 7.77. The van der Waals surface area contributed by atoms with Gasteiger partial charge in [-0.2, -0.15) is 13.2 Å². The molecule has 1 rings (SSSR count). The highest BCUT2D eigenvalue weighted by molar-refractivity contribution is 5.94. The third-order valence-corrected chi connectivity index (χ3v) is 2.05. The molecule has 0 radical (unpaired) electrons. The lowest BCUT2D eigenvalue weighted by molar-refractivity contribution is -0.139. The molecule has 2 nitrogen and oxygen atoms in total. The number of ether oxygens (including phenoxy) is 1. The van der Waals surface area contributed by atoms with Crippen molar-refractivity contribution in [1.29, 1.82) is 0 Å². The van der Waals surface area contributed by atoms with Gasteiger partial charge in [-0.3, -0.25) is 4.79 Å². The Morgan fingerprint density at radius 2 is 1.94 bits per heavy atom. The fourth-order valence-corrected chi connectivity index (χ4v) is 1.32. The minimum Gasteiger partial charge on any atom is -0.493 e. The van der Waals surface area contributed by atoms with Crippen LogP contribution in [-0.4, -0.2) is 12.4 Å². The lowest BCUT2D eigenvalue weighted by Gasteiger charge is -2.14. The van der Waals surface area contributed by atoms with E-state index < -0.39 is 34.7 Å². The first-order valence-corrected chi connectivity index (χ1v) is 4.81. The summed E-state index contributed by atoms with van der Waals surface area (Å²) in [6.45, 7) is 2.56. The molecule has 0 heterocycles. The zero-order valence-electron chi connectivity index (χ0n) is 9.19. The normalized spacial score (nSPS) is 11.4. The Morgan fingerprint density at radius 1 is 1.35 bits per heavy atom. The first kappa shape index (κ1) is 13.5. The van der Waals surface area contributed by atoms with Crippen molar-refractivity contribution in [2.75, 3.05) is 6.61 Å². The van der Waals surface area contributed by atoms with Gasteiger partial charge in [-0.1, -0.05) is 0 Å². The molecule has 94 valence electrons. The standard InChI is InChI=1S/C11H10F4O2/c1-3-17-10-4-7(6(2)16)9(12)5-8(10)11(13,14)15/h4-5H,3H2,1-2H3. The van der Waals surface area contributed by atoms with E-state index in [4.69, 9.17) is 4.74 Å². The molecule has 0 bridgehead atoms. The predicted octanol–water partition coefficient (Wildman–Crippen LogP) is 3.45.